The first-order chi connectivity index (χ1) is 15.1. The van der Waals surface area contributed by atoms with E-state index in [1.54, 1.807) is 7.11 Å². The van der Waals surface area contributed by atoms with Gasteiger partial charge in [0.2, 0.25) is 11.8 Å². The topological polar surface area (TPSA) is 67.8 Å². The second-order valence-electron chi connectivity index (χ2n) is 7.42. The molecule has 7 heteroatoms. The summed E-state index contributed by atoms with van der Waals surface area (Å²) in [5.41, 5.74) is 0.988. The highest BCUT2D eigenvalue weighted by Gasteiger charge is 2.23. The van der Waals surface area contributed by atoms with Gasteiger partial charge >= 0.3 is 0 Å². The standard InChI is InChI=1S/C24H26N4O3/c1-18-25-22(17-23(26-18)31-21-6-4-3-5-7-21)27-12-14-28(15-13-27)24(29)16-19-8-10-20(30-2)11-9-19/h3-11,17H,12-16H2,1-2H3. The van der Waals surface area contributed by atoms with Crippen LogP contribution in [0.15, 0.2) is 60.7 Å². The molecule has 0 atom stereocenters. The van der Waals surface area contributed by atoms with Gasteiger partial charge < -0.3 is 19.3 Å². The van der Waals surface area contributed by atoms with Crippen molar-refractivity contribution in [3.63, 3.8) is 0 Å². The third-order valence-corrected chi connectivity index (χ3v) is 5.24. The maximum Gasteiger partial charge on any atom is 0.227 e. The third-order valence-electron chi connectivity index (χ3n) is 5.24. The zero-order valence-corrected chi connectivity index (χ0v) is 17.8. The van der Waals surface area contributed by atoms with Crippen molar-refractivity contribution < 1.29 is 14.3 Å². The van der Waals surface area contributed by atoms with E-state index in [2.05, 4.69) is 14.9 Å². The van der Waals surface area contributed by atoms with Crippen LogP contribution in [0.4, 0.5) is 5.82 Å². The largest absolute Gasteiger partial charge is 0.497 e. The van der Waals surface area contributed by atoms with Crippen LogP contribution in [-0.2, 0) is 11.2 Å². The van der Waals surface area contributed by atoms with Crippen LogP contribution in [0.2, 0.25) is 0 Å². The number of aromatic nitrogens is 2. The van der Waals surface area contributed by atoms with Gasteiger partial charge in [0.15, 0.2) is 0 Å². The summed E-state index contributed by atoms with van der Waals surface area (Å²) in [6, 6.07) is 19.1. The van der Waals surface area contributed by atoms with Gasteiger partial charge in [0.05, 0.1) is 13.5 Å². The zero-order chi connectivity index (χ0) is 21.6. The molecule has 0 bridgehead atoms. The summed E-state index contributed by atoms with van der Waals surface area (Å²) in [6.07, 6.45) is 0.395. The molecule has 0 spiro atoms. The van der Waals surface area contributed by atoms with Gasteiger partial charge in [-0.05, 0) is 36.8 Å². The molecule has 0 radical (unpaired) electrons. The number of ether oxygens (including phenoxy) is 2. The predicted octanol–water partition coefficient (Wildman–Crippen LogP) is 3.48. The van der Waals surface area contributed by atoms with Gasteiger partial charge in [-0.1, -0.05) is 30.3 Å². The molecule has 160 valence electrons. The highest BCUT2D eigenvalue weighted by molar-refractivity contribution is 5.79. The molecule has 1 aromatic heterocycles. The lowest BCUT2D eigenvalue weighted by molar-refractivity contribution is -0.130. The quantitative estimate of drug-likeness (QED) is 0.611. The fourth-order valence-corrected chi connectivity index (χ4v) is 3.56. The van der Waals surface area contributed by atoms with Crippen molar-refractivity contribution >= 4 is 11.7 Å². The third kappa shape index (κ3) is 5.31. The summed E-state index contributed by atoms with van der Waals surface area (Å²) in [6.45, 7) is 4.61. The second kappa shape index (κ2) is 9.47. The summed E-state index contributed by atoms with van der Waals surface area (Å²) in [5.74, 6) is 3.66. The normalized spacial score (nSPS) is 13.7. The van der Waals surface area contributed by atoms with E-state index in [0.717, 1.165) is 36.0 Å². The number of hydrogen-bond donors (Lipinski definition) is 0. The van der Waals surface area contributed by atoms with E-state index in [1.165, 1.54) is 0 Å². The molecule has 31 heavy (non-hydrogen) atoms. The van der Waals surface area contributed by atoms with Crippen molar-refractivity contribution in [2.24, 2.45) is 0 Å². The van der Waals surface area contributed by atoms with Gasteiger partial charge in [-0.2, -0.15) is 4.98 Å². The van der Waals surface area contributed by atoms with E-state index in [4.69, 9.17) is 9.47 Å². The molecule has 1 saturated heterocycles. The van der Waals surface area contributed by atoms with E-state index in [0.29, 0.717) is 31.2 Å². The van der Waals surface area contributed by atoms with E-state index in [-0.39, 0.29) is 5.91 Å². The van der Waals surface area contributed by atoms with Crippen LogP contribution in [0.5, 0.6) is 17.4 Å². The lowest BCUT2D eigenvalue weighted by Crippen LogP contribution is -2.49. The van der Waals surface area contributed by atoms with Crippen LogP contribution in [0.3, 0.4) is 0 Å². The maximum atomic E-state index is 12.7. The number of piperazine rings is 1. The molecule has 0 N–H and O–H groups in total. The number of amides is 1. The van der Waals surface area contributed by atoms with Gasteiger partial charge in [-0.3, -0.25) is 4.79 Å². The van der Waals surface area contributed by atoms with Crippen LogP contribution in [0.1, 0.15) is 11.4 Å². The van der Waals surface area contributed by atoms with Crippen LogP contribution in [-0.4, -0.2) is 54.1 Å². The van der Waals surface area contributed by atoms with E-state index < -0.39 is 0 Å². The molecule has 1 fully saturated rings. The molecule has 0 saturated carbocycles. The number of methoxy groups -OCH3 is 1. The van der Waals surface area contributed by atoms with Crippen molar-refractivity contribution in [1.82, 2.24) is 14.9 Å². The summed E-state index contributed by atoms with van der Waals surface area (Å²) in [5, 5.41) is 0. The number of rotatable bonds is 6. The molecule has 7 nitrogen and oxygen atoms in total. The number of nitrogens with zero attached hydrogens (tertiary/aromatic N) is 4. The first-order valence-corrected chi connectivity index (χ1v) is 10.3. The smallest absolute Gasteiger partial charge is 0.227 e. The van der Waals surface area contributed by atoms with E-state index in [1.807, 2.05) is 72.5 Å². The second-order valence-corrected chi connectivity index (χ2v) is 7.42. The van der Waals surface area contributed by atoms with Crippen LogP contribution in [0.25, 0.3) is 0 Å². The maximum absolute atomic E-state index is 12.7. The molecule has 1 aliphatic rings. The van der Waals surface area contributed by atoms with Crippen LogP contribution >= 0.6 is 0 Å². The molecule has 0 aliphatic carbocycles. The predicted molar refractivity (Wildman–Crippen MR) is 119 cm³/mol. The molecular formula is C24H26N4O3. The number of para-hydroxylation sites is 1. The lowest BCUT2D eigenvalue weighted by atomic mass is 10.1. The van der Waals surface area contributed by atoms with Gasteiger partial charge in [-0.25, -0.2) is 4.98 Å². The fraction of sp³-hybridized carbons (Fsp3) is 0.292. The summed E-state index contributed by atoms with van der Waals surface area (Å²) in [7, 11) is 1.63. The van der Waals surface area contributed by atoms with Crippen LogP contribution in [0, 0.1) is 6.92 Å². The minimum Gasteiger partial charge on any atom is -0.497 e. The minimum absolute atomic E-state index is 0.136. The van der Waals surface area contributed by atoms with Gasteiger partial charge in [0.1, 0.15) is 23.1 Å². The number of benzene rings is 2. The number of aryl methyl sites for hydroxylation is 1. The SMILES string of the molecule is COc1ccc(CC(=O)N2CCN(c3cc(Oc4ccccc4)nc(C)n3)CC2)cc1. The van der Waals surface area contributed by atoms with Gasteiger partial charge in [-0.15, -0.1) is 0 Å². The molecule has 0 unspecified atom stereocenters. The Hall–Kier alpha value is -3.61. The summed E-state index contributed by atoms with van der Waals surface area (Å²) < 4.78 is 11.1. The Bertz CT molecular complexity index is 1020. The summed E-state index contributed by atoms with van der Waals surface area (Å²) in [4.78, 5) is 25.8. The van der Waals surface area contributed by atoms with Gasteiger partial charge in [0.25, 0.3) is 0 Å². The van der Waals surface area contributed by atoms with Crippen molar-refractivity contribution in [2.75, 3.05) is 38.2 Å². The Kier molecular flexibility index (Phi) is 6.31. The Balaban J connectivity index is 1.36. The van der Waals surface area contributed by atoms with Crippen molar-refractivity contribution in [1.29, 1.82) is 0 Å². The molecule has 2 heterocycles. The van der Waals surface area contributed by atoms with Crippen molar-refractivity contribution in [2.45, 2.75) is 13.3 Å². The molecule has 1 aliphatic heterocycles. The number of carbonyl (C=O) groups is 1. The Morgan fingerprint density at radius 2 is 1.65 bits per heavy atom. The Labute approximate surface area is 182 Å². The lowest BCUT2D eigenvalue weighted by Gasteiger charge is -2.35. The molecular weight excluding hydrogens is 392 g/mol. The monoisotopic (exact) mass is 418 g/mol. The van der Waals surface area contributed by atoms with Crippen LogP contribution < -0.4 is 14.4 Å². The molecule has 4 rings (SSSR count). The van der Waals surface area contributed by atoms with E-state index >= 15 is 0 Å². The average Bonchev–Trinajstić information content (AvgIpc) is 2.80. The van der Waals surface area contributed by atoms with Crippen molar-refractivity contribution in [3.05, 3.63) is 72.1 Å². The molecule has 1 amide bonds. The van der Waals surface area contributed by atoms with E-state index in [9.17, 15) is 4.79 Å². The minimum atomic E-state index is 0.136. The zero-order valence-electron chi connectivity index (χ0n) is 17.8. The number of hydrogen-bond acceptors (Lipinski definition) is 6. The summed E-state index contributed by atoms with van der Waals surface area (Å²) >= 11 is 0. The average molecular weight is 418 g/mol. The van der Waals surface area contributed by atoms with Gasteiger partial charge in [0, 0.05) is 32.2 Å². The van der Waals surface area contributed by atoms with Crippen molar-refractivity contribution in [3.8, 4) is 17.4 Å². The molecule has 3 aromatic rings. The first kappa shape index (κ1) is 20.7. The Morgan fingerprint density at radius 3 is 2.32 bits per heavy atom. The highest BCUT2D eigenvalue weighted by atomic mass is 16.5. The number of carbonyl (C=O) groups excluding carboxylic acids is 1. The number of anilines is 1. The Morgan fingerprint density at radius 1 is 0.935 bits per heavy atom. The highest BCUT2D eigenvalue weighted by Crippen LogP contribution is 2.24. The first-order valence-electron chi connectivity index (χ1n) is 10.3. The molecule has 2 aromatic carbocycles. The fourth-order valence-electron chi connectivity index (χ4n) is 3.56.